The number of aliphatic hydroxyl groups is 1. The average molecular weight is 364 g/mol. The maximum absolute atomic E-state index is 14.5. The summed E-state index contributed by atoms with van der Waals surface area (Å²) in [4.78, 5) is 27.0. The molecule has 0 aliphatic carbocycles. The molecule has 10 heteroatoms. The summed E-state index contributed by atoms with van der Waals surface area (Å²) in [6, 6.07) is 1.29. The number of hydrogen-bond acceptors (Lipinski definition) is 7. The first kappa shape index (κ1) is 18.6. The fraction of sp³-hybridized carbons (Fsp3) is 0.643. The highest BCUT2D eigenvalue weighted by atomic mass is 35.5. The van der Waals surface area contributed by atoms with Crippen LogP contribution in [0.25, 0.3) is 0 Å². The van der Waals surface area contributed by atoms with E-state index in [1.54, 1.807) is 13.8 Å². The zero-order valence-corrected chi connectivity index (χ0v) is 13.9. The van der Waals surface area contributed by atoms with Gasteiger partial charge in [-0.1, -0.05) is 13.8 Å². The molecule has 24 heavy (non-hydrogen) atoms. The molecule has 0 spiro atoms. The summed E-state index contributed by atoms with van der Waals surface area (Å²) < 4.78 is 25.9. The van der Waals surface area contributed by atoms with Gasteiger partial charge in [0.2, 0.25) is 0 Å². The largest absolute Gasteiger partial charge is 0.462 e. The molecule has 0 saturated carbocycles. The van der Waals surface area contributed by atoms with Crippen molar-refractivity contribution in [2.75, 3.05) is 18.2 Å². The van der Waals surface area contributed by atoms with Crippen LogP contribution in [0.5, 0.6) is 0 Å². The van der Waals surface area contributed by atoms with Crippen LogP contribution in [-0.4, -0.2) is 51.0 Å². The molecular formula is C14H19ClFN3O5. The Morgan fingerprint density at radius 3 is 2.88 bits per heavy atom. The van der Waals surface area contributed by atoms with Crippen LogP contribution in [0.4, 0.5) is 10.2 Å². The van der Waals surface area contributed by atoms with Gasteiger partial charge in [-0.25, -0.2) is 9.18 Å². The van der Waals surface area contributed by atoms with Crippen LogP contribution < -0.4 is 11.4 Å². The van der Waals surface area contributed by atoms with Crippen LogP contribution in [0, 0.1) is 5.92 Å². The average Bonchev–Trinajstić information content (AvgIpc) is 2.78. The number of aromatic nitrogens is 2. The van der Waals surface area contributed by atoms with Gasteiger partial charge < -0.3 is 20.3 Å². The van der Waals surface area contributed by atoms with E-state index < -0.39 is 48.3 Å². The van der Waals surface area contributed by atoms with Crippen molar-refractivity contribution in [1.29, 1.82) is 0 Å². The van der Waals surface area contributed by atoms with E-state index in [-0.39, 0.29) is 11.7 Å². The molecule has 1 fully saturated rings. The lowest BCUT2D eigenvalue weighted by Crippen LogP contribution is -2.48. The number of nitrogens with two attached hydrogens (primary N) is 1. The maximum atomic E-state index is 14.5. The van der Waals surface area contributed by atoms with E-state index in [0.29, 0.717) is 0 Å². The highest BCUT2D eigenvalue weighted by molar-refractivity contribution is 6.18. The molecule has 0 amide bonds. The zero-order valence-electron chi connectivity index (χ0n) is 13.2. The van der Waals surface area contributed by atoms with Gasteiger partial charge in [0.15, 0.2) is 12.4 Å². The standard InChI is InChI=1S/C14H19ClFN3O5/c1-7(2)12(21)23-6-14(5-15)10(20)9(16)11(24-14)19-4-3-8(17)18-13(19)22/h3-4,7,9-11,20H,5-6H2,1-2H3,(H2,17,18,22)/t9-,10-,11+,14+/m0/s1. The van der Waals surface area contributed by atoms with Gasteiger partial charge in [0.05, 0.1) is 11.8 Å². The summed E-state index contributed by atoms with van der Waals surface area (Å²) in [7, 11) is 0. The molecule has 134 valence electrons. The second-order valence-corrected chi connectivity index (χ2v) is 6.17. The van der Waals surface area contributed by atoms with Crippen LogP contribution in [0.2, 0.25) is 0 Å². The number of carbonyl (C=O) groups excluding carboxylic acids is 1. The van der Waals surface area contributed by atoms with Crippen molar-refractivity contribution < 1.29 is 23.8 Å². The third-order valence-corrected chi connectivity index (χ3v) is 4.20. The van der Waals surface area contributed by atoms with Crippen LogP contribution in [0.1, 0.15) is 20.1 Å². The molecule has 0 bridgehead atoms. The molecule has 3 N–H and O–H groups in total. The van der Waals surface area contributed by atoms with E-state index in [1.807, 2.05) is 0 Å². The van der Waals surface area contributed by atoms with E-state index in [4.69, 9.17) is 26.8 Å². The number of nitrogens with zero attached hydrogens (tertiary/aromatic N) is 2. The van der Waals surface area contributed by atoms with Crippen LogP contribution in [-0.2, 0) is 14.3 Å². The van der Waals surface area contributed by atoms with Gasteiger partial charge in [0.1, 0.15) is 24.1 Å². The molecule has 0 radical (unpaired) electrons. The van der Waals surface area contributed by atoms with Gasteiger partial charge in [0, 0.05) is 6.20 Å². The minimum Gasteiger partial charge on any atom is -0.462 e. The number of halogens is 2. The normalized spacial score (nSPS) is 29.8. The minimum absolute atomic E-state index is 0.0281. The summed E-state index contributed by atoms with van der Waals surface area (Å²) in [5.74, 6) is -1.31. The van der Waals surface area contributed by atoms with Crippen molar-refractivity contribution in [3.05, 3.63) is 22.7 Å². The topological polar surface area (TPSA) is 117 Å². The molecule has 8 nitrogen and oxygen atoms in total. The number of esters is 1. The molecule has 1 aromatic heterocycles. The first-order valence-electron chi connectivity index (χ1n) is 7.29. The lowest BCUT2D eigenvalue weighted by atomic mass is 9.99. The Balaban J connectivity index is 2.26. The van der Waals surface area contributed by atoms with Crippen molar-refractivity contribution in [3.8, 4) is 0 Å². The second kappa shape index (κ2) is 7.04. The molecular weight excluding hydrogens is 345 g/mol. The van der Waals surface area contributed by atoms with Crippen molar-refractivity contribution >= 4 is 23.4 Å². The summed E-state index contributed by atoms with van der Waals surface area (Å²) in [5, 5.41) is 10.2. The quantitative estimate of drug-likeness (QED) is 0.568. The minimum atomic E-state index is -1.97. The molecule has 0 unspecified atom stereocenters. The predicted molar refractivity (Wildman–Crippen MR) is 83.2 cm³/mol. The summed E-state index contributed by atoms with van der Waals surface area (Å²) >= 11 is 5.84. The Labute approximate surface area is 142 Å². The maximum Gasteiger partial charge on any atom is 0.351 e. The molecule has 1 aliphatic rings. The number of alkyl halides is 2. The van der Waals surface area contributed by atoms with E-state index in [2.05, 4.69) is 4.98 Å². The first-order valence-corrected chi connectivity index (χ1v) is 7.82. The van der Waals surface area contributed by atoms with Gasteiger partial charge in [0.25, 0.3) is 0 Å². The van der Waals surface area contributed by atoms with Crippen molar-refractivity contribution in [1.82, 2.24) is 9.55 Å². The van der Waals surface area contributed by atoms with Gasteiger partial charge in [-0.2, -0.15) is 4.98 Å². The number of aliphatic hydroxyl groups excluding tert-OH is 1. The van der Waals surface area contributed by atoms with E-state index in [1.165, 1.54) is 12.3 Å². The van der Waals surface area contributed by atoms with E-state index >= 15 is 0 Å². The highest BCUT2D eigenvalue weighted by Crippen LogP contribution is 2.39. The fourth-order valence-electron chi connectivity index (χ4n) is 2.28. The SMILES string of the molecule is CC(C)C(=O)OC[C@@]1(CCl)O[C@@H](n2ccc(N)nc2=O)[C@@H](F)[C@@H]1O. The molecule has 1 saturated heterocycles. The van der Waals surface area contributed by atoms with Gasteiger partial charge in [-0.05, 0) is 6.07 Å². The Kier molecular flexibility index (Phi) is 5.46. The van der Waals surface area contributed by atoms with Crippen LogP contribution in [0.15, 0.2) is 17.1 Å². The number of rotatable bonds is 5. The summed E-state index contributed by atoms with van der Waals surface area (Å²) in [6.45, 7) is 2.81. The van der Waals surface area contributed by atoms with E-state index in [0.717, 1.165) is 4.57 Å². The number of ether oxygens (including phenoxy) is 2. The molecule has 0 aromatic carbocycles. The fourth-order valence-corrected chi connectivity index (χ4v) is 2.58. The van der Waals surface area contributed by atoms with Gasteiger partial charge in [-0.3, -0.25) is 9.36 Å². The monoisotopic (exact) mass is 363 g/mol. The Hall–Kier alpha value is -1.71. The highest BCUT2D eigenvalue weighted by Gasteiger charge is 2.56. The van der Waals surface area contributed by atoms with Crippen LogP contribution >= 0.6 is 11.6 Å². The molecule has 4 atom stereocenters. The predicted octanol–water partition coefficient (Wildman–Crippen LogP) is 0.230. The third-order valence-electron chi connectivity index (χ3n) is 3.75. The number of hydrogen-bond donors (Lipinski definition) is 2. The Morgan fingerprint density at radius 1 is 1.67 bits per heavy atom. The van der Waals surface area contributed by atoms with Crippen molar-refractivity contribution in [3.63, 3.8) is 0 Å². The smallest absolute Gasteiger partial charge is 0.351 e. The zero-order chi connectivity index (χ0) is 18.1. The molecule has 2 heterocycles. The van der Waals surface area contributed by atoms with Crippen molar-refractivity contribution in [2.24, 2.45) is 5.92 Å². The van der Waals surface area contributed by atoms with Gasteiger partial charge >= 0.3 is 11.7 Å². The van der Waals surface area contributed by atoms with E-state index in [9.17, 15) is 19.1 Å². The Morgan fingerprint density at radius 2 is 2.33 bits per heavy atom. The summed E-state index contributed by atoms with van der Waals surface area (Å²) in [6.07, 6.45) is -3.91. The number of anilines is 1. The van der Waals surface area contributed by atoms with Crippen LogP contribution in [0.3, 0.4) is 0 Å². The number of nitrogen functional groups attached to an aromatic ring is 1. The third kappa shape index (κ3) is 3.38. The second-order valence-electron chi connectivity index (χ2n) is 5.90. The Bertz CT molecular complexity index is 670. The van der Waals surface area contributed by atoms with Crippen molar-refractivity contribution in [2.45, 2.75) is 38.0 Å². The summed E-state index contributed by atoms with van der Waals surface area (Å²) in [5.41, 5.74) is 2.89. The van der Waals surface area contributed by atoms with Gasteiger partial charge in [-0.15, -0.1) is 11.6 Å². The number of carbonyl (C=O) groups is 1. The lowest BCUT2D eigenvalue weighted by Gasteiger charge is -2.29. The first-order chi connectivity index (χ1) is 11.2. The molecule has 2 rings (SSSR count). The molecule has 1 aliphatic heterocycles. The lowest BCUT2D eigenvalue weighted by molar-refractivity contribution is -0.165. The molecule has 1 aromatic rings.